The highest BCUT2D eigenvalue weighted by Gasteiger charge is 2.33. The van der Waals surface area contributed by atoms with E-state index in [1.807, 2.05) is 32.0 Å². The van der Waals surface area contributed by atoms with E-state index in [9.17, 15) is 17.6 Å². The maximum atomic E-state index is 13.2. The maximum Gasteiger partial charge on any atom is 0.243 e. The molecule has 1 saturated heterocycles. The predicted molar refractivity (Wildman–Crippen MR) is 121 cm³/mol. The monoisotopic (exact) mass is 476 g/mol. The first kappa shape index (κ1) is 23.5. The molecule has 0 bridgehead atoms. The zero-order valence-electron chi connectivity index (χ0n) is 18.8. The van der Waals surface area contributed by atoms with Gasteiger partial charge in [0.15, 0.2) is 11.5 Å². The average molecular weight is 477 g/mol. The summed E-state index contributed by atoms with van der Waals surface area (Å²) in [6, 6.07) is 10.3. The molecule has 9 heteroatoms. The van der Waals surface area contributed by atoms with Crippen molar-refractivity contribution in [1.82, 2.24) is 9.62 Å². The minimum absolute atomic E-state index is 0.0604. The lowest BCUT2D eigenvalue weighted by atomic mass is 9.92. The van der Waals surface area contributed by atoms with Gasteiger partial charge >= 0.3 is 0 Å². The molecule has 1 amide bonds. The molecule has 2 aromatic rings. The standard InChI is InChI=1S/C24H29FN2O5S/c1-16(2)23(18-3-8-21-22(15-18)32-14-13-31-21)26-24(28)17-9-11-27(12-10-17)33(29,30)20-6-4-19(25)5-7-20/h3-8,15-17,23H,9-14H2,1-2H3,(H,26,28)/t23-/m1/s1. The summed E-state index contributed by atoms with van der Waals surface area (Å²) in [5.41, 5.74) is 0.943. The van der Waals surface area contributed by atoms with Crippen LogP contribution in [0.15, 0.2) is 47.4 Å². The number of amides is 1. The Morgan fingerprint density at radius 3 is 2.30 bits per heavy atom. The summed E-state index contributed by atoms with van der Waals surface area (Å²) < 4.78 is 51.4. The quantitative estimate of drug-likeness (QED) is 0.690. The molecule has 4 rings (SSSR count). The van der Waals surface area contributed by atoms with E-state index in [1.54, 1.807) is 0 Å². The molecule has 1 atom stereocenters. The summed E-state index contributed by atoms with van der Waals surface area (Å²) in [6.07, 6.45) is 0.858. The van der Waals surface area contributed by atoms with Gasteiger partial charge in [-0.1, -0.05) is 19.9 Å². The van der Waals surface area contributed by atoms with Crippen LogP contribution in [-0.4, -0.2) is 44.9 Å². The van der Waals surface area contributed by atoms with Crippen LogP contribution in [0.1, 0.15) is 38.3 Å². The smallest absolute Gasteiger partial charge is 0.243 e. The number of halogens is 1. The van der Waals surface area contributed by atoms with Crippen LogP contribution >= 0.6 is 0 Å². The number of nitrogens with one attached hydrogen (secondary N) is 1. The maximum absolute atomic E-state index is 13.2. The number of ether oxygens (including phenoxy) is 2. The van der Waals surface area contributed by atoms with Gasteiger partial charge in [0.25, 0.3) is 0 Å². The Labute approximate surface area is 193 Å². The molecule has 2 aliphatic rings. The molecule has 7 nitrogen and oxygen atoms in total. The number of fused-ring (bicyclic) bond motifs is 1. The number of hydrogen-bond acceptors (Lipinski definition) is 5. The van der Waals surface area contributed by atoms with Crippen LogP contribution in [0, 0.1) is 17.7 Å². The van der Waals surface area contributed by atoms with Crippen molar-refractivity contribution in [3.8, 4) is 11.5 Å². The summed E-state index contributed by atoms with van der Waals surface area (Å²) >= 11 is 0. The Hall–Kier alpha value is -2.65. The predicted octanol–water partition coefficient (Wildman–Crippen LogP) is 3.51. The average Bonchev–Trinajstić information content (AvgIpc) is 2.82. The molecule has 178 valence electrons. The van der Waals surface area contributed by atoms with Gasteiger partial charge in [-0.25, -0.2) is 12.8 Å². The molecule has 2 aromatic carbocycles. The molecule has 0 saturated carbocycles. The Morgan fingerprint density at radius 1 is 1.03 bits per heavy atom. The van der Waals surface area contributed by atoms with Crippen molar-refractivity contribution in [1.29, 1.82) is 0 Å². The molecule has 1 fully saturated rings. The first-order valence-corrected chi connectivity index (χ1v) is 12.7. The largest absolute Gasteiger partial charge is 0.486 e. The number of hydrogen-bond donors (Lipinski definition) is 1. The second kappa shape index (κ2) is 9.69. The van der Waals surface area contributed by atoms with E-state index < -0.39 is 15.8 Å². The lowest BCUT2D eigenvalue weighted by Crippen LogP contribution is -2.44. The third kappa shape index (κ3) is 5.14. The van der Waals surface area contributed by atoms with Crippen molar-refractivity contribution in [3.05, 3.63) is 53.8 Å². The molecule has 0 radical (unpaired) electrons. The van der Waals surface area contributed by atoms with Gasteiger partial charge in [-0.3, -0.25) is 4.79 Å². The van der Waals surface area contributed by atoms with Crippen LogP contribution in [0.5, 0.6) is 11.5 Å². The van der Waals surface area contributed by atoms with Crippen molar-refractivity contribution in [2.75, 3.05) is 26.3 Å². The first-order valence-electron chi connectivity index (χ1n) is 11.2. The Bertz CT molecular complexity index is 1100. The Balaban J connectivity index is 1.40. The molecule has 0 spiro atoms. The minimum atomic E-state index is -3.71. The van der Waals surface area contributed by atoms with E-state index in [0.717, 1.165) is 17.7 Å². The van der Waals surface area contributed by atoms with Crippen LogP contribution < -0.4 is 14.8 Å². The van der Waals surface area contributed by atoms with Gasteiger partial charge in [0.05, 0.1) is 10.9 Å². The van der Waals surface area contributed by atoms with E-state index in [1.165, 1.54) is 16.4 Å². The Morgan fingerprint density at radius 2 is 1.67 bits per heavy atom. The van der Waals surface area contributed by atoms with E-state index in [4.69, 9.17) is 9.47 Å². The third-order valence-electron chi connectivity index (χ3n) is 6.17. The zero-order chi connectivity index (χ0) is 23.6. The molecule has 2 aliphatic heterocycles. The molecule has 2 heterocycles. The second-order valence-corrected chi connectivity index (χ2v) is 10.7. The molecule has 33 heavy (non-hydrogen) atoms. The lowest BCUT2D eigenvalue weighted by molar-refractivity contribution is -0.127. The van der Waals surface area contributed by atoms with E-state index in [0.29, 0.717) is 37.6 Å². The molecule has 0 aliphatic carbocycles. The highest BCUT2D eigenvalue weighted by molar-refractivity contribution is 7.89. The molecular formula is C24H29FN2O5S. The van der Waals surface area contributed by atoms with Gasteiger partial charge in [0.1, 0.15) is 19.0 Å². The van der Waals surface area contributed by atoms with Crippen molar-refractivity contribution >= 4 is 15.9 Å². The van der Waals surface area contributed by atoms with Crippen LogP contribution in [0.25, 0.3) is 0 Å². The number of carbonyl (C=O) groups excluding carboxylic acids is 1. The summed E-state index contributed by atoms with van der Waals surface area (Å²) in [6.45, 7) is 5.59. The van der Waals surface area contributed by atoms with E-state index >= 15 is 0 Å². The molecular weight excluding hydrogens is 447 g/mol. The topological polar surface area (TPSA) is 84.9 Å². The normalized spacial score (nSPS) is 18.2. The van der Waals surface area contributed by atoms with Crippen LogP contribution in [0.2, 0.25) is 0 Å². The number of nitrogens with zero attached hydrogens (tertiary/aromatic N) is 1. The Kier molecular flexibility index (Phi) is 6.90. The molecule has 1 N–H and O–H groups in total. The number of rotatable bonds is 6. The zero-order valence-corrected chi connectivity index (χ0v) is 19.6. The van der Waals surface area contributed by atoms with E-state index in [2.05, 4.69) is 5.32 Å². The van der Waals surface area contributed by atoms with Gasteiger partial charge in [-0.2, -0.15) is 4.31 Å². The fourth-order valence-corrected chi connectivity index (χ4v) is 5.74. The van der Waals surface area contributed by atoms with Crippen LogP contribution in [0.3, 0.4) is 0 Å². The van der Waals surface area contributed by atoms with Gasteiger partial charge in [0.2, 0.25) is 15.9 Å². The van der Waals surface area contributed by atoms with Gasteiger partial charge in [-0.15, -0.1) is 0 Å². The number of piperidine rings is 1. The van der Waals surface area contributed by atoms with Crippen molar-refractivity contribution in [2.24, 2.45) is 11.8 Å². The van der Waals surface area contributed by atoms with Crippen LogP contribution in [-0.2, 0) is 14.8 Å². The fourth-order valence-electron chi connectivity index (χ4n) is 4.27. The first-order chi connectivity index (χ1) is 15.8. The number of sulfonamides is 1. The van der Waals surface area contributed by atoms with Crippen molar-refractivity contribution in [3.63, 3.8) is 0 Å². The SMILES string of the molecule is CC(C)[C@@H](NC(=O)C1CCN(S(=O)(=O)c2ccc(F)cc2)CC1)c1ccc2c(c1)OCCO2. The summed E-state index contributed by atoms with van der Waals surface area (Å²) in [5.74, 6) is 0.689. The van der Waals surface area contributed by atoms with Gasteiger partial charge in [0, 0.05) is 19.0 Å². The molecule has 0 aromatic heterocycles. The third-order valence-corrected chi connectivity index (χ3v) is 8.08. The fraction of sp³-hybridized carbons (Fsp3) is 0.458. The number of carbonyl (C=O) groups is 1. The lowest BCUT2D eigenvalue weighted by Gasteiger charge is -2.32. The van der Waals surface area contributed by atoms with Crippen molar-refractivity contribution < 1.29 is 27.1 Å². The van der Waals surface area contributed by atoms with Crippen molar-refractivity contribution in [2.45, 2.75) is 37.6 Å². The minimum Gasteiger partial charge on any atom is -0.486 e. The second-order valence-electron chi connectivity index (χ2n) is 8.77. The highest BCUT2D eigenvalue weighted by atomic mass is 32.2. The van der Waals surface area contributed by atoms with Gasteiger partial charge < -0.3 is 14.8 Å². The van der Waals surface area contributed by atoms with Crippen LogP contribution in [0.4, 0.5) is 4.39 Å². The van der Waals surface area contributed by atoms with Gasteiger partial charge in [-0.05, 0) is 60.7 Å². The summed E-state index contributed by atoms with van der Waals surface area (Å²) in [5, 5.41) is 3.16. The number of benzene rings is 2. The molecule has 0 unspecified atom stereocenters. The van der Waals surface area contributed by atoms with E-state index in [-0.39, 0.29) is 41.8 Å². The summed E-state index contributed by atoms with van der Waals surface area (Å²) in [7, 11) is -3.71. The summed E-state index contributed by atoms with van der Waals surface area (Å²) in [4.78, 5) is 13.1. The highest BCUT2D eigenvalue weighted by Crippen LogP contribution is 2.35.